The molecular weight excluding hydrogens is 268 g/mol. The van der Waals surface area contributed by atoms with Crippen LogP contribution in [0.15, 0.2) is 22.8 Å². The van der Waals surface area contributed by atoms with Gasteiger partial charge in [0, 0.05) is 35.9 Å². The van der Waals surface area contributed by atoms with Crippen molar-refractivity contribution < 1.29 is 4.74 Å². The van der Waals surface area contributed by atoms with Crippen LogP contribution in [0, 0.1) is 0 Å². The third kappa shape index (κ3) is 2.29. The highest BCUT2D eigenvalue weighted by Crippen LogP contribution is 2.38. The molecule has 0 bridgehead atoms. The molecular formula is C12H17BrN2O. The molecule has 0 spiro atoms. The molecule has 1 atom stereocenters. The lowest BCUT2D eigenvalue weighted by Gasteiger charge is -2.45. The van der Waals surface area contributed by atoms with Crippen LogP contribution in [0.25, 0.3) is 0 Å². The van der Waals surface area contributed by atoms with E-state index in [0.717, 1.165) is 29.4 Å². The van der Waals surface area contributed by atoms with Gasteiger partial charge in [-0.3, -0.25) is 4.98 Å². The van der Waals surface area contributed by atoms with E-state index >= 15 is 0 Å². The van der Waals surface area contributed by atoms with Crippen LogP contribution in [0.2, 0.25) is 0 Å². The van der Waals surface area contributed by atoms with Gasteiger partial charge in [0.1, 0.15) is 0 Å². The van der Waals surface area contributed by atoms with Crippen LogP contribution in [0.5, 0.6) is 0 Å². The van der Waals surface area contributed by atoms with Crippen molar-refractivity contribution in [1.29, 1.82) is 0 Å². The first-order valence-electron chi connectivity index (χ1n) is 5.57. The SMILES string of the molecule is COC1(C(N)Cc2ccc(Br)cn2)CCC1. The standard InChI is InChI=1S/C12H17BrN2O/c1-16-12(5-2-6-12)11(14)7-10-4-3-9(13)8-15-10/h3-4,8,11H,2,5-7,14H2,1H3. The summed E-state index contributed by atoms with van der Waals surface area (Å²) in [6, 6.07) is 4.04. The zero-order valence-corrected chi connectivity index (χ0v) is 11.0. The van der Waals surface area contributed by atoms with Crippen molar-refractivity contribution in [2.45, 2.75) is 37.3 Å². The Bertz CT molecular complexity index is 343. The van der Waals surface area contributed by atoms with E-state index < -0.39 is 0 Å². The highest BCUT2D eigenvalue weighted by atomic mass is 79.9. The fraction of sp³-hybridized carbons (Fsp3) is 0.583. The molecule has 0 saturated heterocycles. The molecule has 1 heterocycles. The van der Waals surface area contributed by atoms with E-state index in [9.17, 15) is 0 Å². The monoisotopic (exact) mass is 284 g/mol. The number of nitrogens with two attached hydrogens (primary N) is 1. The molecule has 88 valence electrons. The van der Waals surface area contributed by atoms with Gasteiger partial charge < -0.3 is 10.5 Å². The van der Waals surface area contributed by atoms with Crippen LogP contribution < -0.4 is 5.73 Å². The van der Waals surface area contributed by atoms with E-state index in [2.05, 4.69) is 20.9 Å². The molecule has 1 aromatic heterocycles. The van der Waals surface area contributed by atoms with Gasteiger partial charge >= 0.3 is 0 Å². The quantitative estimate of drug-likeness (QED) is 0.923. The van der Waals surface area contributed by atoms with Gasteiger partial charge in [-0.05, 0) is 47.3 Å². The second kappa shape index (κ2) is 4.82. The molecule has 0 aliphatic heterocycles. The molecule has 0 aromatic carbocycles. The van der Waals surface area contributed by atoms with Gasteiger partial charge in [0.25, 0.3) is 0 Å². The molecule has 16 heavy (non-hydrogen) atoms. The van der Waals surface area contributed by atoms with Crippen molar-refractivity contribution in [1.82, 2.24) is 4.98 Å². The van der Waals surface area contributed by atoms with Crippen LogP contribution >= 0.6 is 15.9 Å². The molecule has 1 aromatic rings. The minimum atomic E-state index is -0.102. The van der Waals surface area contributed by atoms with Gasteiger partial charge in [-0.1, -0.05) is 0 Å². The molecule has 1 saturated carbocycles. The molecule has 1 aliphatic rings. The first-order valence-corrected chi connectivity index (χ1v) is 6.37. The molecule has 4 heteroatoms. The van der Waals surface area contributed by atoms with Crippen molar-refractivity contribution in [2.24, 2.45) is 5.73 Å². The van der Waals surface area contributed by atoms with E-state index in [1.54, 1.807) is 7.11 Å². The fourth-order valence-corrected chi connectivity index (χ4v) is 2.42. The first-order chi connectivity index (χ1) is 7.66. The summed E-state index contributed by atoms with van der Waals surface area (Å²) in [6.45, 7) is 0. The molecule has 1 fully saturated rings. The lowest BCUT2D eigenvalue weighted by Crippen LogP contribution is -2.55. The lowest BCUT2D eigenvalue weighted by molar-refractivity contribution is -0.0898. The third-order valence-corrected chi connectivity index (χ3v) is 3.97. The average molecular weight is 285 g/mol. The Hall–Kier alpha value is -0.450. The number of hydrogen-bond donors (Lipinski definition) is 1. The molecule has 1 unspecified atom stereocenters. The first kappa shape index (κ1) is 12.0. The van der Waals surface area contributed by atoms with Crippen molar-refractivity contribution in [3.8, 4) is 0 Å². The number of ether oxygens (including phenoxy) is 1. The number of aromatic nitrogens is 1. The number of pyridine rings is 1. The van der Waals surface area contributed by atoms with Gasteiger partial charge in [-0.15, -0.1) is 0 Å². The van der Waals surface area contributed by atoms with Crippen LogP contribution in [-0.4, -0.2) is 23.7 Å². The smallest absolute Gasteiger partial charge is 0.0832 e. The highest BCUT2D eigenvalue weighted by Gasteiger charge is 2.42. The number of methoxy groups -OCH3 is 1. The Kier molecular flexibility index (Phi) is 3.62. The molecule has 0 amide bonds. The molecule has 2 rings (SSSR count). The number of rotatable bonds is 4. The second-order valence-corrected chi connectivity index (χ2v) is 5.32. The van der Waals surface area contributed by atoms with Crippen LogP contribution in [0.4, 0.5) is 0 Å². The Labute approximate surface area is 105 Å². The highest BCUT2D eigenvalue weighted by molar-refractivity contribution is 9.10. The van der Waals surface area contributed by atoms with E-state index in [4.69, 9.17) is 10.5 Å². The minimum absolute atomic E-state index is 0.0416. The molecule has 2 N–H and O–H groups in total. The summed E-state index contributed by atoms with van der Waals surface area (Å²) in [5.74, 6) is 0. The van der Waals surface area contributed by atoms with Crippen molar-refractivity contribution in [2.75, 3.05) is 7.11 Å². The van der Waals surface area contributed by atoms with E-state index in [-0.39, 0.29) is 11.6 Å². The van der Waals surface area contributed by atoms with Gasteiger partial charge in [0.05, 0.1) is 5.60 Å². The Morgan fingerprint density at radius 1 is 1.56 bits per heavy atom. The molecule has 0 radical (unpaired) electrons. The van der Waals surface area contributed by atoms with Gasteiger partial charge in [0.15, 0.2) is 0 Å². The maximum atomic E-state index is 6.22. The van der Waals surface area contributed by atoms with Crippen LogP contribution in [-0.2, 0) is 11.2 Å². The normalized spacial score (nSPS) is 20.2. The van der Waals surface area contributed by atoms with E-state index in [0.29, 0.717) is 0 Å². The zero-order valence-electron chi connectivity index (χ0n) is 9.45. The van der Waals surface area contributed by atoms with Gasteiger partial charge in [0.2, 0.25) is 0 Å². The van der Waals surface area contributed by atoms with Gasteiger partial charge in [-0.25, -0.2) is 0 Å². The Balaban J connectivity index is 2.01. The summed E-state index contributed by atoms with van der Waals surface area (Å²) in [6.07, 6.45) is 5.95. The largest absolute Gasteiger partial charge is 0.377 e. The van der Waals surface area contributed by atoms with E-state index in [1.807, 2.05) is 18.3 Å². The number of halogens is 1. The Morgan fingerprint density at radius 2 is 2.31 bits per heavy atom. The van der Waals surface area contributed by atoms with Crippen LogP contribution in [0.1, 0.15) is 25.0 Å². The predicted molar refractivity (Wildman–Crippen MR) is 67.2 cm³/mol. The fourth-order valence-electron chi connectivity index (χ4n) is 2.19. The van der Waals surface area contributed by atoms with Crippen LogP contribution in [0.3, 0.4) is 0 Å². The summed E-state index contributed by atoms with van der Waals surface area (Å²) in [5, 5.41) is 0. The maximum Gasteiger partial charge on any atom is 0.0832 e. The summed E-state index contributed by atoms with van der Waals surface area (Å²) in [5.41, 5.74) is 7.14. The van der Waals surface area contributed by atoms with Crippen molar-refractivity contribution in [3.63, 3.8) is 0 Å². The summed E-state index contributed by atoms with van der Waals surface area (Å²) in [4.78, 5) is 4.34. The summed E-state index contributed by atoms with van der Waals surface area (Å²) < 4.78 is 6.56. The minimum Gasteiger partial charge on any atom is -0.377 e. The van der Waals surface area contributed by atoms with Gasteiger partial charge in [-0.2, -0.15) is 0 Å². The Morgan fingerprint density at radius 3 is 2.75 bits per heavy atom. The third-order valence-electron chi connectivity index (χ3n) is 3.50. The summed E-state index contributed by atoms with van der Waals surface area (Å²) >= 11 is 3.37. The predicted octanol–water partition coefficient (Wildman–Crippen LogP) is 2.28. The topological polar surface area (TPSA) is 48.1 Å². The summed E-state index contributed by atoms with van der Waals surface area (Å²) in [7, 11) is 1.76. The average Bonchev–Trinajstić information content (AvgIpc) is 2.21. The van der Waals surface area contributed by atoms with Crippen molar-refractivity contribution >= 4 is 15.9 Å². The molecule has 3 nitrogen and oxygen atoms in total. The zero-order chi connectivity index (χ0) is 11.6. The maximum absolute atomic E-state index is 6.22. The molecule has 1 aliphatic carbocycles. The second-order valence-electron chi connectivity index (χ2n) is 4.40. The van der Waals surface area contributed by atoms with E-state index in [1.165, 1.54) is 6.42 Å². The lowest BCUT2D eigenvalue weighted by atomic mass is 9.73. The number of nitrogens with zero attached hydrogens (tertiary/aromatic N) is 1. The van der Waals surface area contributed by atoms with Crippen molar-refractivity contribution in [3.05, 3.63) is 28.5 Å². The number of hydrogen-bond acceptors (Lipinski definition) is 3.